The maximum absolute atomic E-state index is 12.4. The fourth-order valence-corrected chi connectivity index (χ4v) is 3.30. The first kappa shape index (κ1) is 11.6. The van der Waals surface area contributed by atoms with Crippen molar-refractivity contribution in [2.75, 3.05) is 13.2 Å². The molecule has 6 heteroatoms. The van der Waals surface area contributed by atoms with Crippen LogP contribution in [0.15, 0.2) is 24.3 Å². The molecule has 2 atom stereocenters. The number of rotatable bonds is 1. The number of hydrogen-bond acceptors (Lipinski definition) is 4. The van der Waals surface area contributed by atoms with Crippen LogP contribution in [0.25, 0.3) is 0 Å². The summed E-state index contributed by atoms with van der Waals surface area (Å²) >= 11 is 0. The molecule has 0 spiro atoms. The Morgan fingerprint density at radius 1 is 1.15 bits per heavy atom. The minimum atomic E-state index is -0.871. The number of imide groups is 1. The zero-order valence-corrected chi connectivity index (χ0v) is 10.8. The van der Waals surface area contributed by atoms with Crippen LogP contribution in [-0.2, 0) is 9.53 Å². The normalized spacial score (nSPS) is 31.4. The second-order valence-electron chi connectivity index (χ2n) is 5.32. The molecule has 0 radical (unpaired) electrons. The molecule has 0 N–H and O–H groups in total. The first-order valence-electron chi connectivity index (χ1n) is 6.48. The number of hydrogen-bond donors (Lipinski definition) is 0. The van der Waals surface area contributed by atoms with E-state index in [1.807, 2.05) is 0 Å². The summed E-state index contributed by atoms with van der Waals surface area (Å²) in [6, 6.07) is 5.77. The minimum absolute atomic E-state index is 0.223. The van der Waals surface area contributed by atoms with Crippen LogP contribution in [0.2, 0.25) is 0 Å². The van der Waals surface area contributed by atoms with Gasteiger partial charge in [-0.05, 0) is 19.1 Å². The molecule has 2 fully saturated rings. The van der Waals surface area contributed by atoms with Gasteiger partial charge in [-0.2, -0.15) is 0 Å². The van der Waals surface area contributed by atoms with E-state index in [4.69, 9.17) is 4.74 Å². The zero-order valence-electron chi connectivity index (χ0n) is 10.8. The molecule has 3 amide bonds. The number of nitrogens with zero attached hydrogens (tertiary/aromatic N) is 2. The molecule has 3 heterocycles. The molecule has 1 aromatic carbocycles. The maximum Gasteiger partial charge on any atom is 0.262 e. The minimum Gasteiger partial charge on any atom is -0.351 e. The van der Waals surface area contributed by atoms with Gasteiger partial charge in [0.1, 0.15) is 0 Å². The lowest BCUT2D eigenvalue weighted by molar-refractivity contribution is -0.199. The molecule has 2 unspecified atom stereocenters. The average Bonchev–Trinajstić information content (AvgIpc) is 2.91. The lowest BCUT2D eigenvalue weighted by atomic mass is 9.91. The third kappa shape index (κ3) is 1.11. The van der Waals surface area contributed by atoms with Crippen molar-refractivity contribution in [3.63, 3.8) is 0 Å². The standard InChI is InChI=1S/C14H12N2O4/c1-14-10(13(19)15(14)6-7-20-14)16-11(17)8-4-2-3-5-9(8)12(16)18/h2-5,10H,6-7H2,1H3. The number of amides is 3. The molecule has 2 saturated heterocycles. The van der Waals surface area contributed by atoms with Crippen LogP contribution in [0.1, 0.15) is 27.6 Å². The molecule has 3 aliphatic heterocycles. The van der Waals surface area contributed by atoms with Gasteiger partial charge in [0.05, 0.1) is 17.7 Å². The van der Waals surface area contributed by atoms with E-state index in [9.17, 15) is 14.4 Å². The summed E-state index contributed by atoms with van der Waals surface area (Å²) in [5.74, 6) is -1.06. The van der Waals surface area contributed by atoms with Crippen molar-refractivity contribution in [1.29, 1.82) is 0 Å². The Bertz CT molecular complexity index is 636. The van der Waals surface area contributed by atoms with E-state index < -0.39 is 23.6 Å². The predicted molar refractivity (Wildman–Crippen MR) is 66.8 cm³/mol. The van der Waals surface area contributed by atoms with E-state index >= 15 is 0 Å². The van der Waals surface area contributed by atoms with E-state index in [0.29, 0.717) is 24.3 Å². The monoisotopic (exact) mass is 272 g/mol. The molecule has 0 aromatic heterocycles. The van der Waals surface area contributed by atoms with E-state index in [1.54, 1.807) is 36.1 Å². The Hall–Kier alpha value is -2.21. The Morgan fingerprint density at radius 2 is 1.75 bits per heavy atom. The van der Waals surface area contributed by atoms with E-state index in [1.165, 1.54) is 0 Å². The van der Waals surface area contributed by atoms with Crippen molar-refractivity contribution >= 4 is 17.7 Å². The lowest BCUT2D eigenvalue weighted by Gasteiger charge is -2.52. The third-order valence-corrected chi connectivity index (χ3v) is 4.34. The molecule has 4 rings (SSSR count). The summed E-state index contributed by atoms with van der Waals surface area (Å²) in [6.45, 7) is 2.69. The Morgan fingerprint density at radius 3 is 2.35 bits per heavy atom. The summed E-state index contributed by atoms with van der Waals surface area (Å²) in [5, 5.41) is 0. The van der Waals surface area contributed by atoms with Crippen molar-refractivity contribution in [1.82, 2.24) is 9.80 Å². The van der Waals surface area contributed by atoms with Crippen LogP contribution in [0.5, 0.6) is 0 Å². The summed E-state index contributed by atoms with van der Waals surface area (Å²) in [4.78, 5) is 39.6. The van der Waals surface area contributed by atoms with Gasteiger partial charge in [0.2, 0.25) is 0 Å². The number of ether oxygens (including phenoxy) is 1. The number of carbonyl (C=O) groups is 3. The molecule has 0 bridgehead atoms. The van der Waals surface area contributed by atoms with Gasteiger partial charge in [0.25, 0.3) is 17.7 Å². The van der Waals surface area contributed by atoms with Crippen molar-refractivity contribution < 1.29 is 19.1 Å². The van der Waals surface area contributed by atoms with E-state index in [-0.39, 0.29) is 5.91 Å². The average molecular weight is 272 g/mol. The highest BCUT2D eigenvalue weighted by Gasteiger charge is 2.66. The largest absolute Gasteiger partial charge is 0.351 e. The molecule has 102 valence electrons. The molecule has 1 aromatic rings. The SMILES string of the molecule is CC12OCCN1C(=O)C2N1C(=O)c2ccccc2C1=O. The van der Waals surface area contributed by atoms with Crippen molar-refractivity contribution in [2.24, 2.45) is 0 Å². The van der Waals surface area contributed by atoms with Crippen LogP contribution >= 0.6 is 0 Å². The van der Waals surface area contributed by atoms with Gasteiger partial charge in [-0.25, -0.2) is 0 Å². The van der Waals surface area contributed by atoms with Crippen LogP contribution in [0, 0.1) is 0 Å². The molecular weight excluding hydrogens is 260 g/mol. The number of β-lactam (4-membered cyclic amide) rings is 1. The summed E-state index contributed by atoms with van der Waals surface area (Å²) in [7, 11) is 0. The van der Waals surface area contributed by atoms with Crippen LogP contribution in [0.4, 0.5) is 0 Å². The number of benzene rings is 1. The van der Waals surface area contributed by atoms with Crippen molar-refractivity contribution in [2.45, 2.75) is 18.7 Å². The quantitative estimate of drug-likeness (QED) is 0.542. The smallest absolute Gasteiger partial charge is 0.262 e. The number of carbonyl (C=O) groups excluding carboxylic acids is 3. The summed E-state index contributed by atoms with van der Waals surface area (Å²) in [5.41, 5.74) is -0.166. The van der Waals surface area contributed by atoms with Crippen LogP contribution in [0.3, 0.4) is 0 Å². The van der Waals surface area contributed by atoms with E-state index in [2.05, 4.69) is 0 Å². The summed E-state index contributed by atoms with van der Waals surface area (Å²) < 4.78 is 5.59. The first-order valence-corrected chi connectivity index (χ1v) is 6.48. The maximum atomic E-state index is 12.4. The molecule has 0 saturated carbocycles. The van der Waals surface area contributed by atoms with Crippen LogP contribution < -0.4 is 0 Å². The molecular formula is C14H12N2O4. The predicted octanol–water partition coefficient (Wildman–Crippen LogP) is 0.240. The molecule has 3 aliphatic rings. The zero-order chi connectivity index (χ0) is 14.1. The molecule has 6 nitrogen and oxygen atoms in total. The van der Waals surface area contributed by atoms with Crippen LogP contribution in [-0.4, -0.2) is 52.4 Å². The fraction of sp³-hybridized carbons (Fsp3) is 0.357. The van der Waals surface area contributed by atoms with Gasteiger partial charge in [-0.15, -0.1) is 0 Å². The van der Waals surface area contributed by atoms with Gasteiger partial charge in [0.15, 0.2) is 11.8 Å². The van der Waals surface area contributed by atoms with Gasteiger partial charge in [0, 0.05) is 6.54 Å². The molecule has 20 heavy (non-hydrogen) atoms. The Kier molecular flexibility index (Phi) is 2.01. The second-order valence-corrected chi connectivity index (χ2v) is 5.32. The second kappa shape index (κ2) is 3.46. The first-order chi connectivity index (χ1) is 9.55. The van der Waals surface area contributed by atoms with Crippen molar-refractivity contribution in [3.8, 4) is 0 Å². The van der Waals surface area contributed by atoms with Gasteiger partial charge in [-0.1, -0.05) is 12.1 Å². The number of fused-ring (bicyclic) bond motifs is 2. The van der Waals surface area contributed by atoms with Gasteiger partial charge < -0.3 is 9.64 Å². The Balaban J connectivity index is 1.77. The topological polar surface area (TPSA) is 66.9 Å². The molecule has 0 aliphatic carbocycles. The fourth-order valence-electron chi connectivity index (χ4n) is 3.30. The third-order valence-electron chi connectivity index (χ3n) is 4.34. The summed E-state index contributed by atoms with van der Waals surface area (Å²) in [6.07, 6.45) is 0. The van der Waals surface area contributed by atoms with Crippen molar-refractivity contribution in [3.05, 3.63) is 35.4 Å². The lowest BCUT2D eigenvalue weighted by Crippen LogP contribution is -2.76. The van der Waals surface area contributed by atoms with E-state index in [0.717, 1.165) is 4.90 Å². The van der Waals surface area contributed by atoms with Gasteiger partial charge >= 0.3 is 0 Å². The Labute approximate surface area is 114 Å². The highest BCUT2D eigenvalue weighted by atomic mass is 16.5. The highest BCUT2D eigenvalue weighted by molar-refractivity contribution is 6.23. The van der Waals surface area contributed by atoms with Gasteiger partial charge in [-0.3, -0.25) is 19.3 Å². The highest BCUT2D eigenvalue weighted by Crippen LogP contribution is 2.42.